The number of aryl methyl sites for hydroxylation is 1. The molecule has 1 aliphatic rings. The third-order valence-electron chi connectivity index (χ3n) is 3.45. The van der Waals surface area contributed by atoms with Gasteiger partial charge in [0.1, 0.15) is 11.6 Å². The molecule has 0 amide bonds. The molecule has 0 saturated heterocycles. The Labute approximate surface area is 111 Å². The van der Waals surface area contributed by atoms with Crippen LogP contribution in [-0.4, -0.2) is 16.6 Å². The monoisotopic (exact) mass is 258 g/mol. The van der Waals surface area contributed by atoms with Crippen molar-refractivity contribution in [3.05, 3.63) is 53.5 Å². The zero-order chi connectivity index (χ0) is 13.2. The van der Waals surface area contributed by atoms with Crippen LogP contribution in [0.1, 0.15) is 17.5 Å². The number of halogens is 1. The minimum atomic E-state index is -0.418. The lowest BCUT2D eigenvalue weighted by Crippen LogP contribution is -2.26. The summed E-state index contributed by atoms with van der Waals surface area (Å²) in [6.07, 6.45) is 3.27. The van der Waals surface area contributed by atoms with Gasteiger partial charge in [-0.2, -0.15) is 0 Å². The molecule has 3 rings (SSSR count). The maximum Gasteiger partial charge on any atom is 0.142 e. The van der Waals surface area contributed by atoms with Crippen molar-refractivity contribution in [2.24, 2.45) is 0 Å². The number of pyridine rings is 1. The van der Waals surface area contributed by atoms with E-state index in [1.807, 2.05) is 18.2 Å². The van der Waals surface area contributed by atoms with Gasteiger partial charge in [-0.05, 0) is 30.5 Å². The van der Waals surface area contributed by atoms with Gasteiger partial charge in [0.05, 0.1) is 12.8 Å². The molecule has 0 atom stereocenters. The summed E-state index contributed by atoms with van der Waals surface area (Å²) in [6, 6.07) is 9.50. The van der Waals surface area contributed by atoms with Crippen LogP contribution in [0.4, 0.5) is 15.9 Å². The molecule has 98 valence electrons. The lowest BCUT2D eigenvalue weighted by molar-refractivity contribution is 0.281. The largest absolute Gasteiger partial charge is 0.392 e. The second-order valence-electron chi connectivity index (χ2n) is 4.68. The van der Waals surface area contributed by atoms with E-state index in [1.165, 1.54) is 17.8 Å². The molecule has 1 N–H and O–H groups in total. The molecule has 19 heavy (non-hydrogen) atoms. The van der Waals surface area contributed by atoms with Crippen molar-refractivity contribution in [3.63, 3.8) is 0 Å². The Morgan fingerprint density at radius 1 is 1.32 bits per heavy atom. The molecule has 1 aromatic heterocycles. The molecule has 0 unspecified atom stereocenters. The molecule has 2 heterocycles. The van der Waals surface area contributed by atoms with Crippen molar-refractivity contribution in [1.82, 2.24) is 4.98 Å². The zero-order valence-electron chi connectivity index (χ0n) is 10.5. The Bertz CT molecular complexity index is 600. The van der Waals surface area contributed by atoms with E-state index in [0.717, 1.165) is 25.1 Å². The van der Waals surface area contributed by atoms with E-state index in [9.17, 15) is 9.50 Å². The van der Waals surface area contributed by atoms with Crippen LogP contribution in [-0.2, 0) is 13.0 Å². The Kier molecular flexibility index (Phi) is 3.17. The molecule has 1 aliphatic heterocycles. The van der Waals surface area contributed by atoms with E-state index in [1.54, 1.807) is 0 Å². The summed E-state index contributed by atoms with van der Waals surface area (Å²) < 4.78 is 13.2. The number of rotatable bonds is 2. The lowest BCUT2D eigenvalue weighted by atomic mass is 10.0. The van der Waals surface area contributed by atoms with Crippen LogP contribution in [0.25, 0.3) is 0 Å². The van der Waals surface area contributed by atoms with Gasteiger partial charge in [-0.1, -0.05) is 18.2 Å². The Hall–Kier alpha value is -1.94. The summed E-state index contributed by atoms with van der Waals surface area (Å²) in [6.45, 7) is 0.626. The summed E-state index contributed by atoms with van der Waals surface area (Å²) in [7, 11) is 0. The summed E-state index contributed by atoms with van der Waals surface area (Å²) in [5.41, 5.74) is 2.89. The van der Waals surface area contributed by atoms with Crippen LogP contribution in [0.5, 0.6) is 0 Å². The van der Waals surface area contributed by atoms with Gasteiger partial charge in [0.2, 0.25) is 0 Å². The van der Waals surface area contributed by atoms with E-state index < -0.39 is 5.82 Å². The first-order chi connectivity index (χ1) is 9.29. The fourth-order valence-electron chi connectivity index (χ4n) is 2.59. The smallest absolute Gasteiger partial charge is 0.142 e. The van der Waals surface area contributed by atoms with Crippen molar-refractivity contribution in [2.45, 2.75) is 19.4 Å². The van der Waals surface area contributed by atoms with E-state index in [-0.39, 0.29) is 6.61 Å². The normalized spacial score (nSPS) is 14.3. The first-order valence-corrected chi connectivity index (χ1v) is 6.40. The highest BCUT2D eigenvalue weighted by Crippen LogP contribution is 2.33. The predicted molar refractivity (Wildman–Crippen MR) is 71.9 cm³/mol. The Morgan fingerprint density at radius 3 is 3.00 bits per heavy atom. The van der Waals surface area contributed by atoms with Crippen LogP contribution in [0.15, 0.2) is 36.5 Å². The molecule has 1 aromatic carbocycles. The summed E-state index contributed by atoms with van der Waals surface area (Å²) >= 11 is 0. The second kappa shape index (κ2) is 4.97. The van der Waals surface area contributed by atoms with Gasteiger partial charge in [0.25, 0.3) is 0 Å². The molecule has 0 bridgehead atoms. The Balaban J connectivity index is 2.09. The van der Waals surface area contributed by atoms with Crippen molar-refractivity contribution < 1.29 is 9.50 Å². The third-order valence-corrected chi connectivity index (χ3v) is 3.45. The van der Waals surface area contributed by atoms with Crippen LogP contribution in [0.2, 0.25) is 0 Å². The van der Waals surface area contributed by atoms with Gasteiger partial charge in [0, 0.05) is 17.8 Å². The van der Waals surface area contributed by atoms with Crippen LogP contribution < -0.4 is 4.90 Å². The van der Waals surface area contributed by atoms with E-state index in [2.05, 4.69) is 16.0 Å². The van der Waals surface area contributed by atoms with Gasteiger partial charge in [-0.15, -0.1) is 0 Å². The fraction of sp³-hybridized carbons (Fsp3) is 0.267. The maximum absolute atomic E-state index is 13.2. The predicted octanol–water partition coefficient (Wildman–Crippen LogP) is 2.80. The van der Waals surface area contributed by atoms with Gasteiger partial charge in [-0.25, -0.2) is 9.37 Å². The molecule has 4 heteroatoms. The number of fused-ring (bicyclic) bond motifs is 1. The average molecular weight is 258 g/mol. The van der Waals surface area contributed by atoms with E-state index in [4.69, 9.17) is 0 Å². The highest BCUT2D eigenvalue weighted by Gasteiger charge is 2.21. The molecule has 0 radical (unpaired) electrons. The number of nitrogens with zero attached hydrogens (tertiary/aromatic N) is 2. The molecule has 0 aliphatic carbocycles. The summed E-state index contributed by atoms with van der Waals surface area (Å²) in [5.74, 6) is 0.231. The van der Waals surface area contributed by atoms with Crippen molar-refractivity contribution in [1.29, 1.82) is 0 Å². The van der Waals surface area contributed by atoms with Crippen molar-refractivity contribution >= 4 is 11.5 Å². The number of aliphatic hydroxyl groups is 1. The van der Waals surface area contributed by atoms with E-state index >= 15 is 0 Å². The van der Waals surface area contributed by atoms with Gasteiger partial charge in [-0.3, -0.25) is 0 Å². The van der Waals surface area contributed by atoms with Gasteiger partial charge < -0.3 is 10.0 Å². The summed E-state index contributed by atoms with van der Waals surface area (Å²) in [4.78, 5) is 6.22. The number of benzene rings is 1. The molecule has 0 spiro atoms. The molecular weight excluding hydrogens is 243 g/mol. The van der Waals surface area contributed by atoms with Crippen molar-refractivity contribution in [2.75, 3.05) is 11.4 Å². The fourth-order valence-corrected chi connectivity index (χ4v) is 2.59. The average Bonchev–Trinajstić information content (AvgIpc) is 2.46. The van der Waals surface area contributed by atoms with Crippen molar-refractivity contribution in [3.8, 4) is 0 Å². The van der Waals surface area contributed by atoms with Crippen LogP contribution in [0.3, 0.4) is 0 Å². The molecule has 3 nitrogen and oxygen atoms in total. The molecular formula is C15H15FN2O. The first kappa shape index (κ1) is 12.1. The SMILES string of the molecule is OCc1cc(F)cnc1N1CCCc2ccccc21. The minimum Gasteiger partial charge on any atom is -0.392 e. The summed E-state index contributed by atoms with van der Waals surface area (Å²) in [5, 5.41) is 9.39. The van der Waals surface area contributed by atoms with Crippen LogP contribution >= 0.6 is 0 Å². The van der Waals surface area contributed by atoms with Gasteiger partial charge >= 0.3 is 0 Å². The standard InChI is InChI=1S/C15H15FN2O/c16-13-8-12(10-19)15(17-9-13)18-7-3-5-11-4-1-2-6-14(11)18/h1-2,4,6,8-9,19H,3,5,7,10H2. The van der Waals surface area contributed by atoms with Gasteiger partial charge in [0.15, 0.2) is 0 Å². The number of para-hydroxylation sites is 1. The lowest BCUT2D eigenvalue weighted by Gasteiger charge is -2.31. The number of aliphatic hydroxyl groups excluding tert-OH is 1. The Morgan fingerprint density at radius 2 is 2.16 bits per heavy atom. The number of anilines is 2. The van der Waals surface area contributed by atoms with Crippen LogP contribution in [0, 0.1) is 5.82 Å². The molecule has 0 fully saturated rings. The molecule has 2 aromatic rings. The zero-order valence-corrected chi connectivity index (χ0v) is 10.5. The quantitative estimate of drug-likeness (QED) is 0.899. The minimum absolute atomic E-state index is 0.210. The highest BCUT2D eigenvalue weighted by molar-refractivity contribution is 5.67. The second-order valence-corrected chi connectivity index (χ2v) is 4.68. The highest BCUT2D eigenvalue weighted by atomic mass is 19.1. The number of aromatic nitrogens is 1. The first-order valence-electron chi connectivity index (χ1n) is 6.40. The topological polar surface area (TPSA) is 36.4 Å². The molecule has 0 saturated carbocycles. The van der Waals surface area contributed by atoms with E-state index in [0.29, 0.717) is 11.4 Å². The maximum atomic E-state index is 13.2. The number of hydrogen-bond donors (Lipinski definition) is 1. The number of hydrogen-bond acceptors (Lipinski definition) is 3. The third kappa shape index (κ3) is 2.19.